The lowest BCUT2D eigenvalue weighted by Crippen LogP contribution is -2.34. The molecular formula is C22H18BrN3O3S. The van der Waals surface area contributed by atoms with Crippen LogP contribution in [-0.4, -0.2) is 24.0 Å². The number of anilines is 2. The van der Waals surface area contributed by atoms with Crippen LogP contribution in [0.5, 0.6) is 5.75 Å². The third-order valence-corrected chi connectivity index (χ3v) is 4.88. The Bertz CT molecular complexity index is 1090. The summed E-state index contributed by atoms with van der Waals surface area (Å²) < 4.78 is 5.83. The maximum absolute atomic E-state index is 12.4. The first-order valence-electron chi connectivity index (χ1n) is 8.88. The molecule has 6 nitrogen and oxygen atoms in total. The van der Waals surface area contributed by atoms with Gasteiger partial charge in [-0.15, -0.1) is 0 Å². The predicted molar refractivity (Wildman–Crippen MR) is 125 cm³/mol. The summed E-state index contributed by atoms with van der Waals surface area (Å²) in [6.07, 6.45) is 0. The highest BCUT2D eigenvalue weighted by atomic mass is 79.9. The molecule has 2 amide bonds. The number of amides is 2. The maximum Gasteiger partial charge on any atom is 0.257 e. The molecule has 0 heterocycles. The van der Waals surface area contributed by atoms with E-state index in [0.29, 0.717) is 32.7 Å². The van der Waals surface area contributed by atoms with Gasteiger partial charge < -0.3 is 15.4 Å². The summed E-state index contributed by atoms with van der Waals surface area (Å²) >= 11 is 8.59. The van der Waals surface area contributed by atoms with E-state index >= 15 is 0 Å². The lowest BCUT2D eigenvalue weighted by Gasteiger charge is -2.12. The van der Waals surface area contributed by atoms with Gasteiger partial charge >= 0.3 is 0 Å². The highest BCUT2D eigenvalue weighted by Gasteiger charge is 2.11. The van der Waals surface area contributed by atoms with Gasteiger partial charge in [0.1, 0.15) is 5.75 Å². The summed E-state index contributed by atoms with van der Waals surface area (Å²) in [5.41, 5.74) is 2.21. The van der Waals surface area contributed by atoms with Crippen LogP contribution in [0.2, 0.25) is 0 Å². The van der Waals surface area contributed by atoms with Crippen molar-refractivity contribution in [1.82, 2.24) is 5.32 Å². The lowest BCUT2D eigenvalue weighted by atomic mass is 10.2. The first-order chi connectivity index (χ1) is 14.5. The van der Waals surface area contributed by atoms with Crippen molar-refractivity contribution in [3.63, 3.8) is 0 Å². The van der Waals surface area contributed by atoms with E-state index in [-0.39, 0.29) is 16.9 Å². The fourth-order valence-electron chi connectivity index (χ4n) is 2.61. The molecule has 0 aliphatic carbocycles. The lowest BCUT2D eigenvalue weighted by molar-refractivity contribution is 0.0976. The molecule has 0 spiro atoms. The van der Waals surface area contributed by atoms with Gasteiger partial charge in [-0.25, -0.2) is 0 Å². The minimum absolute atomic E-state index is 0.137. The Morgan fingerprint density at radius 3 is 2.20 bits per heavy atom. The molecule has 0 fully saturated rings. The van der Waals surface area contributed by atoms with E-state index in [0.717, 1.165) is 0 Å². The molecular weight excluding hydrogens is 466 g/mol. The third-order valence-electron chi connectivity index (χ3n) is 4.06. The summed E-state index contributed by atoms with van der Waals surface area (Å²) in [5.74, 6) is 0.0553. The molecule has 0 atom stereocenters. The Labute approximate surface area is 187 Å². The predicted octanol–water partition coefficient (Wildman–Crippen LogP) is 4.84. The normalized spacial score (nSPS) is 10.1. The molecule has 0 aliphatic rings. The quantitative estimate of drug-likeness (QED) is 0.452. The maximum atomic E-state index is 12.4. The minimum Gasteiger partial charge on any atom is -0.496 e. The van der Waals surface area contributed by atoms with Gasteiger partial charge in [-0.05, 0) is 76.7 Å². The van der Waals surface area contributed by atoms with Crippen molar-refractivity contribution in [2.75, 3.05) is 17.7 Å². The zero-order chi connectivity index (χ0) is 21.5. The van der Waals surface area contributed by atoms with Gasteiger partial charge in [-0.2, -0.15) is 0 Å². The second kappa shape index (κ2) is 10.00. The van der Waals surface area contributed by atoms with Crippen molar-refractivity contribution in [2.24, 2.45) is 0 Å². The largest absolute Gasteiger partial charge is 0.496 e. The number of carbonyl (C=O) groups is 2. The molecule has 3 rings (SSSR count). The van der Waals surface area contributed by atoms with Crippen molar-refractivity contribution in [3.05, 3.63) is 88.4 Å². The van der Waals surface area contributed by atoms with Gasteiger partial charge in [-0.1, -0.05) is 24.3 Å². The van der Waals surface area contributed by atoms with Gasteiger partial charge in [-0.3, -0.25) is 14.9 Å². The highest BCUT2D eigenvalue weighted by Crippen LogP contribution is 2.25. The van der Waals surface area contributed by atoms with Crippen LogP contribution >= 0.6 is 28.1 Å². The van der Waals surface area contributed by atoms with Crippen molar-refractivity contribution in [3.8, 4) is 5.75 Å². The van der Waals surface area contributed by atoms with Crippen LogP contribution < -0.4 is 20.7 Å². The molecule has 0 unspecified atom stereocenters. The van der Waals surface area contributed by atoms with Crippen molar-refractivity contribution < 1.29 is 14.3 Å². The first kappa shape index (κ1) is 21.5. The molecule has 0 saturated heterocycles. The number of thiocarbonyl (C=S) groups is 1. The fraction of sp³-hybridized carbons (Fsp3) is 0.0455. The number of rotatable bonds is 5. The van der Waals surface area contributed by atoms with Gasteiger partial charge in [0, 0.05) is 22.5 Å². The van der Waals surface area contributed by atoms with Crippen molar-refractivity contribution in [2.45, 2.75) is 0 Å². The number of carbonyl (C=O) groups excluding carboxylic acids is 2. The number of methoxy groups -OCH3 is 1. The number of hydrogen-bond donors (Lipinski definition) is 3. The smallest absolute Gasteiger partial charge is 0.257 e. The zero-order valence-corrected chi connectivity index (χ0v) is 18.3. The van der Waals surface area contributed by atoms with Crippen LogP contribution in [-0.2, 0) is 0 Å². The first-order valence-corrected chi connectivity index (χ1v) is 10.1. The summed E-state index contributed by atoms with van der Waals surface area (Å²) in [4.78, 5) is 24.7. The standard InChI is InChI=1S/C22H18BrN3O3S/c1-29-19-11-10-15(12-18(19)23)21(28)26-22(30)25-17-9-5-8-16(13-17)24-20(27)14-6-3-2-4-7-14/h2-13H,1H3,(H,24,27)(H2,25,26,28,30). The van der Waals surface area contributed by atoms with E-state index < -0.39 is 0 Å². The molecule has 8 heteroatoms. The van der Waals surface area contributed by atoms with Gasteiger partial charge in [0.15, 0.2) is 5.11 Å². The summed E-state index contributed by atoms with van der Waals surface area (Å²) in [6.45, 7) is 0. The molecule has 3 N–H and O–H groups in total. The van der Waals surface area contributed by atoms with Crippen molar-refractivity contribution >= 4 is 56.4 Å². The number of nitrogens with one attached hydrogen (secondary N) is 3. The SMILES string of the molecule is COc1ccc(C(=O)NC(=S)Nc2cccc(NC(=O)c3ccccc3)c2)cc1Br. The average molecular weight is 484 g/mol. The Kier molecular flexibility index (Phi) is 7.16. The molecule has 0 aromatic heterocycles. The van der Waals surface area contributed by atoms with Crippen LogP contribution in [0.15, 0.2) is 77.3 Å². The van der Waals surface area contributed by atoms with E-state index in [4.69, 9.17) is 17.0 Å². The minimum atomic E-state index is -0.357. The monoisotopic (exact) mass is 483 g/mol. The van der Waals surface area contributed by atoms with E-state index in [2.05, 4.69) is 31.9 Å². The molecule has 0 bridgehead atoms. The van der Waals surface area contributed by atoms with Crippen LogP contribution in [0.25, 0.3) is 0 Å². The summed E-state index contributed by atoms with van der Waals surface area (Å²) in [7, 11) is 1.55. The molecule has 0 radical (unpaired) electrons. The van der Waals surface area contributed by atoms with E-state index in [1.807, 2.05) is 6.07 Å². The van der Waals surface area contributed by atoms with Gasteiger partial charge in [0.2, 0.25) is 0 Å². The Balaban J connectivity index is 1.61. The molecule has 30 heavy (non-hydrogen) atoms. The van der Waals surface area contributed by atoms with Crippen LogP contribution in [0.1, 0.15) is 20.7 Å². The van der Waals surface area contributed by atoms with E-state index in [9.17, 15) is 9.59 Å². The Morgan fingerprint density at radius 1 is 0.833 bits per heavy atom. The number of hydrogen-bond acceptors (Lipinski definition) is 4. The summed E-state index contributed by atoms with van der Waals surface area (Å²) in [6, 6.07) is 20.9. The number of halogens is 1. The summed E-state index contributed by atoms with van der Waals surface area (Å²) in [5, 5.41) is 8.54. The Hall–Kier alpha value is -3.23. The number of benzene rings is 3. The average Bonchev–Trinajstić information content (AvgIpc) is 2.74. The topological polar surface area (TPSA) is 79.5 Å². The highest BCUT2D eigenvalue weighted by molar-refractivity contribution is 9.10. The van der Waals surface area contributed by atoms with Crippen LogP contribution in [0.4, 0.5) is 11.4 Å². The van der Waals surface area contributed by atoms with Crippen molar-refractivity contribution in [1.29, 1.82) is 0 Å². The fourth-order valence-corrected chi connectivity index (χ4v) is 3.36. The third kappa shape index (κ3) is 5.65. The number of ether oxygens (including phenoxy) is 1. The van der Waals surface area contributed by atoms with E-state index in [1.165, 1.54) is 0 Å². The molecule has 0 saturated carbocycles. The van der Waals surface area contributed by atoms with Crippen LogP contribution in [0, 0.1) is 0 Å². The molecule has 152 valence electrons. The second-order valence-electron chi connectivity index (χ2n) is 6.16. The molecule has 3 aromatic rings. The van der Waals surface area contributed by atoms with Crippen LogP contribution in [0.3, 0.4) is 0 Å². The zero-order valence-electron chi connectivity index (χ0n) is 15.9. The van der Waals surface area contributed by atoms with Gasteiger partial charge in [0.25, 0.3) is 11.8 Å². The molecule has 0 aliphatic heterocycles. The Morgan fingerprint density at radius 2 is 1.53 bits per heavy atom. The molecule has 3 aromatic carbocycles. The van der Waals surface area contributed by atoms with Gasteiger partial charge in [0.05, 0.1) is 11.6 Å². The van der Waals surface area contributed by atoms with E-state index in [1.54, 1.807) is 73.8 Å². The second-order valence-corrected chi connectivity index (χ2v) is 7.42.